The summed E-state index contributed by atoms with van der Waals surface area (Å²) in [5.41, 5.74) is 0.665. The highest BCUT2D eigenvalue weighted by atomic mass is 32.2. The van der Waals surface area contributed by atoms with Crippen LogP contribution in [-0.4, -0.2) is 30.0 Å². The molecule has 1 aromatic heterocycles. The van der Waals surface area contributed by atoms with Gasteiger partial charge in [0.1, 0.15) is 0 Å². The molecule has 0 bridgehead atoms. The van der Waals surface area contributed by atoms with Gasteiger partial charge in [-0.25, -0.2) is 4.79 Å². The average Bonchev–Trinajstić information content (AvgIpc) is 2.86. The highest BCUT2D eigenvalue weighted by molar-refractivity contribution is 7.99. The van der Waals surface area contributed by atoms with Crippen LogP contribution in [0.15, 0.2) is 33.8 Å². The molecular weight excluding hydrogens is 322 g/mol. The molecular formula is C14H15N3O5S. The van der Waals surface area contributed by atoms with Crippen LogP contribution in [0.3, 0.4) is 0 Å². The van der Waals surface area contributed by atoms with Gasteiger partial charge in [-0.1, -0.05) is 28.6 Å². The molecule has 9 heteroatoms. The van der Waals surface area contributed by atoms with E-state index in [1.165, 1.54) is 23.6 Å². The summed E-state index contributed by atoms with van der Waals surface area (Å²) in [7, 11) is 2.86. The van der Waals surface area contributed by atoms with Gasteiger partial charge in [0, 0.05) is 12.2 Å². The molecule has 0 saturated carbocycles. The molecule has 0 aliphatic carbocycles. The van der Waals surface area contributed by atoms with E-state index in [1.807, 2.05) is 0 Å². The summed E-state index contributed by atoms with van der Waals surface area (Å²) in [6.07, 6.45) is 0.158. The Morgan fingerprint density at radius 2 is 2.17 bits per heavy atom. The Morgan fingerprint density at radius 3 is 2.83 bits per heavy atom. The van der Waals surface area contributed by atoms with Crippen molar-refractivity contribution in [1.82, 2.24) is 5.27 Å². The van der Waals surface area contributed by atoms with E-state index < -0.39 is 11.9 Å². The van der Waals surface area contributed by atoms with E-state index in [2.05, 4.69) is 19.8 Å². The fourth-order valence-corrected chi connectivity index (χ4v) is 2.65. The Labute approximate surface area is 136 Å². The van der Waals surface area contributed by atoms with E-state index in [4.69, 9.17) is 0 Å². The van der Waals surface area contributed by atoms with Gasteiger partial charge in [-0.2, -0.15) is 0 Å². The maximum atomic E-state index is 12.0. The second-order valence-electron chi connectivity index (χ2n) is 4.47. The second-order valence-corrected chi connectivity index (χ2v) is 5.56. The largest absolute Gasteiger partial charge is 0.538 e. The van der Waals surface area contributed by atoms with Crippen molar-refractivity contribution >= 4 is 29.3 Å². The number of carbonyl (C=O) groups excluding carboxylic acids is 2. The van der Waals surface area contributed by atoms with Crippen LogP contribution in [0.1, 0.15) is 16.8 Å². The maximum absolute atomic E-state index is 12.0. The minimum Gasteiger partial charge on any atom is -0.538 e. The van der Waals surface area contributed by atoms with Crippen LogP contribution in [0.25, 0.3) is 0 Å². The lowest BCUT2D eigenvalue weighted by molar-refractivity contribution is -0.772. The van der Waals surface area contributed by atoms with Crippen molar-refractivity contribution in [3.63, 3.8) is 0 Å². The number of rotatable bonds is 6. The Morgan fingerprint density at radius 1 is 1.43 bits per heavy atom. The van der Waals surface area contributed by atoms with Crippen LogP contribution in [0.2, 0.25) is 0 Å². The number of hydrogen-bond acceptors (Lipinski definition) is 7. The number of methoxy groups -OCH3 is 1. The van der Waals surface area contributed by atoms with Gasteiger partial charge in [0.15, 0.2) is 13.0 Å². The summed E-state index contributed by atoms with van der Waals surface area (Å²) in [5.74, 6) is -0.964. The topological polar surface area (TPSA) is 108 Å². The number of para-hydroxylation sites is 1. The molecule has 2 aromatic rings. The maximum Gasteiger partial charge on any atom is 0.339 e. The van der Waals surface area contributed by atoms with E-state index in [-0.39, 0.29) is 17.9 Å². The van der Waals surface area contributed by atoms with Gasteiger partial charge in [0.2, 0.25) is 5.91 Å². The molecule has 1 heterocycles. The fraction of sp³-hybridized carbons (Fsp3) is 0.286. The van der Waals surface area contributed by atoms with Gasteiger partial charge in [0.25, 0.3) is 5.03 Å². The molecule has 0 aliphatic heterocycles. The van der Waals surface area contributed by atoms with Gasteiger partial charge in [0.05, 0.1) is 23.6 Å². The van der Waals surface area contributed by atoms with Gasteiger partial charge in [-0.05, 0) is 12.1 Å². The number of carbonyl (C=O) groups is 2. The van der Waals surface area contributed by atoms with Crippen LogP contribution in [0.5, 0.6) is 5.95 Å². The van der Waals surface area contributed by atoms with E-state index in [9.17, 15) is 14.7 Å². The summed E-state index contributed by atoms with van der Waals surface area (Å²) >= 11 is 1.18. The predicted octanol–water partition coefficient (Wildman–Crippen LogP) is 0.480. The molecule has 0 atom stereocenters. The minimum absolute atomic E-state index is 0.158. The first-order chi connectivity index (χ1) is 11.0. The van der Waals surface area contributed by atoms with Crippen molar-refractivity contribution in [3.05, 3.63) is 29.8 Å². The van der Waals surface area contributed by atoms with Crippen molar-refractivity contribution in [2.75, 3.05) is 18.2 Å². The number of benzene rings is 1. The van der Waals surface area contributed by atoms with Gasteiger partial charge in [-0.15, -0.1) is 0 Å². The number of hydrogen-bond donors (Lipinski definition) is 1. The lowest BCUT2D eigenvalue weighted by atomic mass is 10.2. The Balaban J connectivity index is 1.92. The second kappa shape index (κ2) is 7.63. The zero-order valence-electron chi connectivity index (χ0n) is 12.6. The molecule has 0 spiro atoms. The number of ether oxygens (including phenoxy) is 1. The van der Waals surface area contributed by atoms with E-state index >= 15 is 0 Å². The van der Waals surface area contributed by atoms with E-state index in [0.717, 1.165) is 0 Å². The number of anilines is 1. The third-order valence-electron chi connectivity index (χ3n) is 2.89. The van der Waals surface area contributed by atoms with Gasteiger partial charge < -0.3 is 19.7 Å². The number of nitrogens with one attached hydrogen (secondary N) is 1. The summed E-state index contributed by atoms with van der Waals surface area (Å²) in [5, 5.41) is 17.8. The number of esters is 1. The quantitative estimate of drug-likeness (QED) is 0.464. The molecule has 0 unspecified atom stereocenters. The van der Waals surface area contributed by atoms with Crippen molar-refractivity contribution in [2.45, 2.75) is 11.4 Å². The smallest absolute Gasteiger partial charge is 0.339 e. The molecule has 23 heavy (non-hydrogen) atoms. The lowest BCUT2D eigenvalue weighted by Gasteiger charge is -2.09. The molecule has 0 aliphatic rings. The van der Waals surface area contributed by atoms with E-state index in [1.54, 1.807) is 31.3 Å². The summed E-state index contributed by atoms with van der Waals surface area (Å²) in [6, 6.07) is 6.57. The van der Waals surface area contributed by atoms with Crippen molar-refractivity contribution in [2.24, 2.45) is 7.05 Å². The molecule has 0 fully saturated rings. The lowest BCUT2D eigenvalue weighted by Crippen LogP contribution is -2.32. The first kappa shape index (κ1) is 16.8. The molecule has 0 radical (unpaired) electrons. The number of thioether (sulfide) groups is 1. The highest BCUT2D eigenvalue weighted by Crippen LogP contribution is 2.22. The Hall–Kier alpha value is -2.55. The van der Waals surface area contributed by atoms with Gasteiger partial charge in [-0.3, -0.25) is 4.79 Å². The number of nitrogens with zero attached hydrogens (tertiary/aromatic N) is 2. The monoisotopic (exact) mass is 337 g/mol. The molecule has 1 aromatic carbocycles. The average molecular weight is 337 g/mol. The highest BCUT2D eigenvalue weighted by Gasteiger charge is 2.16. The summed E-state index contributed by atoms with van der Waals surface area (Å²) in [6.45, 7) is 0. The summed E-state index contributed by atoms with van der Waals surface area (Å²) < 4.78 is 10.5. The zero-order valence-corrected chi connectivity index (χ0v) is 13.4. The zero-order chi connectivity index (χ0) is 16.8. The SMILES string of the molecule is COC(=O)c1ccccc1NC(=O)CCSc1c([O-])on[n+]1C. The first-order valence-corrected chi connectivity index (χ1v) is 7.64. The third kappa shape index (κ3) is 4.22. The van der Waals surface area contributed by atoms with Crippen LogP contribution in [0.4, 0.5) is 5.69 Å². The minimum atomic E-state index is -0.533. The number of aryl methyl sites for hydroxylation is 1. The standard InChI is InChI=1S/C14H15N3O5S/c1-17-12(14(20)22-16-17)23-8-7-11(18)15-10-6-4-3-5-9(10)13(19)21-2/h3-6H,7-8H2,1-2H3,(H-,15,16,18,19,20). The Kier molecular flexibility index (Phi) is 5.58. The van der Waals surface area contributed by atoms with E-state index in [0.29, 0.717) is 16.5 Å². The molecule has 122 valence electrons. The van der Waals surface area contributed by atoms with Crippen molar-refractivity contribution in [1.29, 1.82) is 0 Å². The fourth-order valence-electron chi connectivity index (χ4n) is 1.79. The Bertz CT molecular complexity index is 697. The first-order valence-electron chi connectivity index (χ1n) is 6.66. The predicted molar refractivity (Wildman–Crippen MR) is 78.9 cm³/mol. The molecule has 1 amide bonds. The molecule has 1 N–H and O–H groups in total. The van der Waals surface area contributed by atoms with Crippen LogP contribution < -0.4 is 15.1 Å². The van der Waals surface area contributed by atoms with Crippen LogP contribution in [0, 0.1) is 0 Å². The molecule has 2 rings (SSSR count). The van der Waals surface area contributed by atoms with Crippen molar-refractivity contribution in [3.8, 4) is 5.95 Å². The van der Waals surface area contributed by atoms with Crippen LogP contribution >= 0.6 is 11.8 Å². The summed E-state index contributed by atoms with van der Waals surface area (Å²) in [4.78, 5) is 23.6. The number of aromatic nitrogens is 2. The molecule has 0 saturated heterocycles. The normalized spacial score (nSPS) is 10.3. The van der Waals surface area contributed by atoms with Gasteiger partial charge >= 0.3 is 5.97 Å². The third-order valence-corrected chi connectivity index (χ3v) is 4.00. The van der Waals surface area contributed by atoms with Crippen molar-refractivity contribution < 1.29 is 28.6 Å². The molecule has 8 nitrogen and oxygen atoms in total. The van der Waals surface area contributed by atoms with Crippen LogP contribution in [-0.2, 0) is 16.6 Å². The number of amides is 1.